The molecule has 0 radical (unpaired) electrons. The van der Waals surface area contributed by atoms with E-state index in [0.717, 1.165) is 12.8 Å². The van der Waals surface area contributed by atoms with Crippen LogP contribution in [-0.2, 0) is 50.9 Å². The van der Waals surface area contributed by atoms with Crippen molar-refractivity contribution in [2.75, 3.05) is 0 Å². The molecule has 0 heterocycles. The summed E-state index contributed by atoms with van der Waals surface area (Å²) in [6.45, 7) is 0. The molecule has 3 aliphatic carbocycles. The predicted molar refractivity (Wildman–Crippen MR) is 249 cm³/mol. The monoisotopic (exact) mass is 1320 g/mol. The van der Waals surface area contributed by atoms with Gasteiger partial charge in [-0.05, 0) is 158 Å². The average molecular weight is 1330 g/mol. The Morgan fingerprint density at radius 2 is 0.921 bits per heavy atom. The Morgan fingerprint density at radius 1 is 0.571 bits per heavy atom. The maximum atomic E-state index is 11.8. The van der Waals surface area contributed by atoms with E-state index in [0.29, 0.717) is 51.3 Å². The van der Waals surface area contributed by atoms with E-state index in [2.05, 4.69) is 63.7 Å². The van der Waals surface area contributed by atoms with Crippen molar-refractivity contribution in [1.82, 2.24) is 0 Å². The van der Waals surface area contributed by atoms with E-state index in [4.69, 9.17) is 11.5 Å². The Kier molecular flexibility index (Phi) is 18.8. The van der Waals surface area contributed by atoms with Crippen LogP contribution < -0.4 is 0 Å². The predicted octanol–water partition coefficient (Wildman–Crippen LogP) is 11.0. The second kappa shape index (κ2) is 22.7. The summed E-state index contributed by atoms with van der Waals surface area (Å²) in [5, 5.41) is 19.6. The van der Waals surface area contributed by atoms with Crippen molar-refractivity contribution in [3.8, 4) is 11.5 Å². The quantitative estimate of drug-likeness (QED) is 0.173. The molecule has 1 fully saturated rings. The van der Waals surface area contributed by atoms with E-state index < -0.39 is 20.2 Å². The van der Waals surface area contributed by atoms with Crippen molar-refractivity contribution in [2.24, 2.45) is 0 Å². The first-order chi connectivity index (χ1) is 29.2. The fourth-order valence-electron chi connectivity index (χ4n) is 6.51. The van der Waals surface area contributed by atoms with Crippen LogP contribution in [0.25, 0.3) is 22.6 Å². The van der Waals surface area contributed by atoms with E-state index in [1.807, 2.05) is 0 Å². The summed E-state index contributed by atoms with van der Waals surface area (Å²) in [6.07, 6.45) is 13.2. The van der Waals surface area contributed by atoms with E-state index in [1.54, 1.807) is 60.7 Å². The average Bonchev–Trinajstić information content (AvgIpc) is 3.22. The molecule has 0 saturated heterocycles. The second-order valence-electron chi connectivity index (χ2n) is 13.8. The molecule has 4 aromatic rings. The summed E-state index contributed by atoms with van der Waals surface area (Å²) >= 11 is 12.9. The number of nitrogens with one attached hydrogen (secondary N) is 2. The zero-order valence-corrected chi connectivity index (χ0v) is 42.6. The largest absolute Gasteiger partial charge is 4.00 e. The summed E-state index contributed by atoms with van der Waals surface area (Å²) in [5.41, 5.74) is 18.1. The number of phenols is 2. The van der Waals surface area contributed by atoms with E-state index in [9.17, 15) is 45.7 Å². The second-order valence-corrected chi connectivity index (χ2v) is 19.9. The third kappa shape index (κ3) is 13.6. The third-order valence-electron chi connectivity index (χ3n) is 9.53. The van der Waals surface area contributed by atoms with Gasteiger partial charge in [-0.1, -0.05) is 86.4 Å². The molecule has 12 nitrogen and oxygen atoms in total. The summed E-state index contributed by atoms with van der Waals surface area (Å²) in [5.74, 6) is -0.428. The molecule has 63 heavy (non-hydrogen) atoms. The Hall–Kier alpha value is -3.39. The number of hydrogen-bond donors (Lipinski definition) is 2. The van der Waals surface area contributed by atoms with Crippen molar-refractivity contribution in [3.05, 3.63) is 184 Å². The Labute approximate surface area is 412 Å². The van der Waals surface area contributed by atoms with Crippen LogP contribution in [0.1, 0.15) is 47.9 Å². The third-order valence-corrected chi connectivity index (χ3v) is 13.8. The van der Waals surface area contributed by atoms with Gasteiger partial charge in [-0.15, -0.1) is 0 Å². The first-order valence-corrected chi connectivity index (χ1v) is 24.3. The summed E-state index contributed by atoms with van der Waals surface area (Å²) in [7, 11) is -9.47. The molecule has 19 heteroatoms. The van der Waals surface area contributed by atoms with Crippen LogP contribution in [0.2, 0.25) is 0 Å². The molecule has 0 aromatic heterocycles. The maximum Gasteiger partial charge on any atom is 4.00 e. The molecule has 2 atom stereocenters. The molecule has 3 aliphatic rings. The smallest absolute Gasteiger partial charge is 0.744 e. The molecule has 0 amide bonds. The SMILES string of the molecule is O=C1C=CC(=C(c2ccc(O)c(Br)c2)c2ccccc2S(=O)(=O)[O-])C=C1Br.O=C1C=CC(=C(c2ccc(O)c(Br)c2)c2ccccc2S(=O)(=O)[O-])C=C1Br.[NH-]C1CCCCC1[NH-].[Pt+4]. The molecule has 7 rings (SSSR count). The van der Waals surface area contributed by atoms with Gasteiger partial charge in [-0.3, -0.25) is 9.59 Å². The number of phenolic OH excluding ortho intramolecular Hbond substituents is 2. The maximum absolute atomic E-state index is 11.8. The first kappa shape index (κ1) is 52.2. The molecule has 4 aromatic carbocycles. The molecule has 0 aliphatic heterocycles. The van der Waals surface area contributed by atoms with E-state index in [1.165, 1.54) is 73.5 Å². The first-order valence-electron chi connectivity index (χ1n) is 18.4. The number of rotatable bonds is 6. The van der Waals surface area contributed by atoms with Crippen LogP contribution in [-0.4, -0.2) is 59.8 Å². The van der Waals surface area contributed by atoms with Gasteiger partial charge >= 0.3 is 21.1 Å². The molecule has 0 bridgehead atoms. The van der Waals surface area contributed by atoms with Crippen LogP contribution in [0.5, 0.6) is 11.5 Å². The molecule has 2 unspecified atom stereocenters. The minimum Gasteiger partial charge on any atom is -0.744 e. The van der Waals surface area contributed by atoms with Gasteiger partial charge in [0.1, 0.15) is 31.7 Å². The molecular weight excluding hydrogens is 1300 g/mol. The Morgan fingerprint density at radius 3 is 1.22 bits per heavy atom. The van der Waals surface area contributed by atoms with Gasteiger partial charge in [0.05, 0.1) is 27.7 Å². The van der Waals surface area contributed by atoms with Gasteiger partial charge in [-0.2, -0.15) is 12.1 Å². The fraction of sp³-hybridized carbons (Fsp3) is 0.136. The number of aromatic hydroxyl groups is 2. The number of benzene rings is 4. The number of ketones is 2. The zero-order valence-electron chi connectivity index (χ0n) is 32.3. The molecule has 1 saturated carbocycles. The summed E-state index contributed by atoms with van der Waals surface area (Å²) < 4.78 is 72.1. The number of carbonyl (C=O) groups excluding carboxylic acids is 2. The summed E-state index contributed by atoms with van der Waals surface area (Å²) in [6, 6.07) is 20.9. The van der Waals surface area contributed by atoms with Crippen LogP contribution >= 0.6 is 63.7 Å². The number of allylic oxidation sites excluding steroid dienone is 10. The van der Waals surface area contributed by atoms with E-state index >= 15 is 0 Å². The van der Waals surface area contributed by atoms with Gasteiger partial charge < -0.3 is 30.8 Å². The van der Waals surface area contributed by atoms with Crippen LogP contribution in [0, 0.1) is 0 Å². The standard InChI is InChI=1S/2C19H12Br2O5S.C6H12N2.Pt/c2*20-14-9-11(5-7-16(14)22)19(12-6-8-17(23)15(21)10-12)13-3-1-2-4-18(13)27(24,25)26;7-5-3-1-2-4-6(5)8;/h2*1-10,22H,(H,24,25,26);5-8H,1-4H2;/q;;-2;+4/p-2. The topological polar surface area (TPSA) is 237 Å². The summed E-state index contributed by atoms with van der Waals surface area (Å²) in [4.78, 5) is 22.8. The number of carbonyl (C=O) groups is 2. The van der Waals surface area contributed by atoms with Crippen molar-refractivity contribution in [3.63, 3.8) is 0 Å². The van der Waals surface area contributed by atoms with Crippen LogP contribution in [0.4, 0.5) is 0 Å². The van der Waals surface area contributed by atoms with Crippen molar-refractivity contribution < 1.29 is 66.8 Å². The molecule has 330 valence electrons. The van der Waals surface area contributed by atoms with Gasteiger partial charge in [-0.25, -0.2) is 16.8 Å². The molecular formula is C44H34Br4N2O10PtS2. The van der Waals surface area contributed by atoms with Gasteiger partial charge in [0.15, 0.2) is 11.6 Å². The zero-order chi connectivity index (χ0) is 45.5. The number of hydrogen-bond acceptors (Lipinski definition) is 10. The van der Waals surface area contributed by atoms with Crippen molar-refractivity contribution in [2.45, 2.75) is 47.6 Å². The fourth-order valence-corrected chi connectivity index (χ4v) is 9.39. The minimum absolute atomic E-state index is 0. The van der Waals surface area contributed by atoms with Gasteiger partial charge in [0.2, 0.25) is 0 Å². The number of halogens is 4. The Balaban J connectivity index is 0.000000232. The molecule has 4 N–H and O–H groups in total. The van der Waals surface area contributed by atoms with Crippen molar-refractivity contribution in [1.29, 1.82) is 0 Å². The van der Waals surface area contributed by atoms with Gasteiger partial charge in [0.25, 0.3) is 0 Å². The van der Waals surface area contributed by atoms with E-state index in [-0.39, 0.29) is 77.1 Å². The minimum atomic E-state index is -4.74. The van der Waals surface area contributed by atoms with Gasteiger partial charge in [0, 0.05) is 11.1 Å². The Bertz CT molecular complexity index is 2660. The molecule has 0 spiro atoms. The van der Waals surface area contributed by atoms with Crippen LogP contribution in [0.3, 0.4) is 0 Å². The van der Waals surface area contributed by atoms with Crippen molar-refractivity contribution >= 4 is 107 Å². The van der Waals surface area contributed by atoms with Crippen LogP contribution in [0.15, 0.2) is 160 Å². The normalized spacial score (nSPS) is 19.0.